The van der Waals surface area contributed by atoms with Gasteiger partial charge in [-0.1, -0.05) is 0 Å². The number of amides is 2. The van der Waals surface area contributed by atoms with Gasteiger partial charge in [-0.25, -0.2) is 19.3 Å². The first-order chi connectivity index (χ1) is 13.5. The lowest BCUT2D eigenvalue weighted by atomic mass is 10.2. The average molecular weight is 385 g/mol. The van der Waals surface area contributed by atoms with E-state index in [-0.39, 0.29) is 28.5 Å². The van der Waals surface area contributed by atoms with Gasteiger partial charge >= 0.3 is 6.03 Å². The molecule has 144 valence electrons. The number of urea groups is 1. The van der Waals surface area contributed by atoms with Crippen molar-refractivity contribution in [3.63, 3.8) is 0 Å². The number of aromatic nitrogens is 4. The van der Waals surface area contributed by atoms with Gasteiger partial charge in [0.2, 0.25) is 11.8 Å². The third-order valence-corrected chi connectivity index (χ3v) is 3.90. The summed E-state index contributed by atoms with van der Waals surface area (Å²) >= 11 is 0. The van der Waals surface area contributed by atoms with Crippen LogP contribution in [0.25, 0.3) is 5.65 Å². The highest BCUT2D eigenvalue weighted by Gasteiger charge is 2.19. The molecule has 2 amide bonds. The van der Waals surface area contributed by atoms with Gasteiger partial charge in [0.25, 0.3) is 0 Å². The van der Waals surface area contributed by atoms with Gasteiger partial charge in [0.05, 0.1) is 42.7 Å². The summed E-state index contributed by atoms with van der Waals surface area (Å²) in [6, 6.07) is 3.91. The molecule has 0 spiro atoms. The molecule has 0 aliphatic rings. The van der Waals surface area contributed by atoms with Crippen LogP contribution in [0.5, 0.6) is 5.88 Å². The van der Waals surface area contributed by atoms with Gasteiger partial charge in [-0.3, -0.25) is 0 Å². The van der Waals surface area contributed by atoms with Gasteiger partial charge in [-0.2, -0.15) is 9.65 Å². The standard InChI is InChI=1S/C17H16FN7O3/c1-9(27-2)15-12(8-20-14-5-13(18)24-25(14)15)23-17(26)22-11-4-10(6-19)16(28-3)21-7-11/h4-5,7-9H,1-3H3,(H2,22,23,26). The molecule has 3 aromatic rings. The fourth-order valence-corrected chi connectivity index (χ4v) is 2.57. The topological polar surface area (TPSA) is 126 Å². The Morgan fingerprint density at radius 1 is 1.29 bits per heavy atom. The van der Waals surface area contributed by atoms with Crippen molar-refractivity contribution in [3.05, 3.63) is 41.7 Å². The van der Waals surface area contributed by atoms with E-state index in [0.29, 0.717) is 5.69 Å². The molecule has 28 heavy (non-hydrogen) atoms. The molecular weight excluding hydrogens is 369 g/mol. The van der Waals surface area contributed by atoms with E-state index in [1.807, 2.05) is 6.07 Å². The number of anilines is 2. The van der Waals surface area contributed by atoms with Crippen molar-refractivity contribution >= 4 is 23.1 Å². The van der Waals surface area contributed by atoms with Crippen LogP contribution in [-0.4, -0.2) is 39.8 Å². The summed E-state index contributed by atoms with van der Waals surface area (Å²) in [6.07, 6.45) is 2.23. The van der Waals surface area contributed by atoms with Gasteiger partial charge < -0.3 is 20.1 Å². The third kappa shape index (κ3) is 3.67. The maximum Gasteiger partial charge on any atom is 0.323 e. The summed E-state index contributed by atoms with van der Waals surface area (Å²) in [7, 11) is 2.87. The number of fused-ring (bicyclic) bond motifs is 1. The first kappa shape index (κ1) is 19.0. The van der Waals surface area contributed by atoms with Crippen molar-refractivity contribution in [3.8, 4) is 11.9 Å². The fourth-order valence-electron chi connectivity index (χ4n) is 2.57. The Kier molecular flexibility index (Phi) is 5.32. The van der Waals surface area contributed by atoms with Crippen molar-refractivity contribution < 1.29 is 18.7 Å². The zero-order chi connectivity index (χ0) is 20.3. The highest BCUT2D eigenvalue weighted by atomic mass is 19.1. The average Bonchev–Trinajstić information content (AvgIpc) is 3.07. The molecule has 2 N–H and O–H groups in total. The van der Waals surface area contributed by atoms with Crippen molar-refractivity contribution in [1.29, 1.82) is 5.26 Å². The number of hydrogen-bond donors (Lipinski definition) is 2. The Labute approximate surface area is 158 Å². The van der Waals surface area contributed by atoms with Crippen LogP contribution in [0.3, 0.4) is 0 Å². The summed E-state index contributed by atoms with van der Waals surface area (Å²) in [5, 5.41) is 18.0. The zero-order valence-electron chi connectivity index (χ0n) is 15.2. The summed E-state index contributed by atoms with van der Waals surface area (Å²) in [4.78, 5) is 20.4. The minimum atomic E-state index is -0.702. The number of nitriles is 1. The van der Waals surface area contributed by atoms with Crippen LogP contribution >= 0.6 is 0 Å². The van der Waals surface area contributed by atoms with E-state index in [0.717, 1.165) is 0 Å². The Balaban J connectivity index is 1.88. The van der Waals surface area contributed by atoms with Crippen LogP contribution in [-0.2, 0) is 4.74 Å². The minimum Gasteiger partial charge on any atom is -0.480 e. The van der Waals surface area contributed by atoms with Crippen LogP contribution in [0.1, 0.15) is 24.3 Å². The normalized spacial score (nSPS) is 11.7. The smallest absolute Gasteiger partial charge is 0.323 e. The van der Waals surface area contributed by atoms with E-state index in [2.05, 4.69) is 25.7 Å². The number of nitrogens with zero attached hydrogens (tertiary/aromatic N) is 5. The Hall–Kier alpha value is -3.78. The predicted molar refractivity (Wildman–Crippen MR) is 96.5 cm³/mol. The molecule has 0 radical (unpaired) electrons. The van der Waals surface area contributed by atoms with Crippen molar-refractivity contribution in [2.24, 2.45) is 0 Å². The summed E-state index contributed by atoms with van der Waals surface area (Å²) in [5.74, 6) is -0.549. The summed E-state index contributed by atoms with van der Waals surface area (Å²) in [6.45, 7) is 1.73. The van der Waals surface area contributed by atoms with Crippen molar-refractivity contribution in [1.82, 2.24) is 19.6 Å². The second-order valence-corrected chi connectivity index (χ2v) is 5.64. The number of pyridine rings is 1. The molecule has 3 rings (SSSR count). The fraction of sp³-hybridized carbons (Fsp3) is 0.235. The van der Waals surface area contributed by atoms with E-state index < -0.39 is 18.1 Å². The van der Waals surface area contributed by atoms with Gasteiger partial charge in [0.15, 0.2) is 5.65 Å². The number of methoxy groups -OCH3 is 2. The van der Waals surface area contributed by atoms with E-state index in [9.17, 15) is 9.18 Å². The maximum absolute atomic E-state index is 13.5. The molecular formula is C17H16FN7O3. The molecule has 0 aliphatic carbocycles. The molecule has 0 saturated heterocycles. The molecule has 10 nitrogen and oxygen atoms in total. The predicted octanol–water partition coefficient (Wildman–Crippen LogP) is 2.50. The largest absolute Gasteiger partial charge is 0.480 e. The second kappa shape index (κ2) is 7.85. The summed E-state index contributed by atoms with van der Waals surface area (Å²) < 4.78 is 25.1. The van der Waals surface area contributed by atoms with Gasteiger partial charge in [-0.15, -0.1) is 5.10 Å². The van der Waals surface area contributed by atoms with E-state index >= 15 is 0 Å². The van der Waals surface area contributed by atoms with Gasteiger partial charge in [0.1, 0.15) is 11.6 Å². The summed E-state index contributed by atoms with van der Waals surface area (Å²) in [5.41, 5.74) is 1.43. The van der Waals surface area contributed by atoms with Crippen LogP contribution in [0.15, 0.2) is 24.5 Å². The van der Waals surface area contributed by atoms with E-state index in [1.165, 1.54) is 43.3 Å². The van der Waals surface area contributed by atoms with E-state index in [4.69, 9.17) is 14.7 Å². The zero-order valence-corrected chi connectivity index (χ0v) is 15.2. The molecule has 0 aromatic carbocycles. The van der Waals surface area contributed by atoms with Crippen LogP contribution in [0, 0.1) is 17.3 Å². The Morgan fingerprint density at radius 2 is 2.07 bits per heavy atom. The quantitative estimate of drug-likeness (QED) is 0.691. The molecule has 0 fully saturated rings. The Bertz CT molecular complexity index is 1080. The van der Waals surface area contributed by atoms with Crippen LogP contribution in [0.4, 0.5) is 20.6 Å². The molecule has 0 bridgehead atoms. The first-order valence-corrected chi connectivity index (χ1v) is 8.06. The number of nitrogens with one attached hydrogen (secondary N) is 2. The molecule has 0 aliphatic heterocycles. The number of rotatable bonds is 5. The first-order valence-electron chi connectivity index (χ1n) is 8.06. The minimum absolute atomic E-state index is 0.153. The number of halogens is 1. The highest BCUT2D eigenvalue weighted by molar-refractivity contribution is 6.00. The molecule has 3 aromatic heterocycles. The van der Waals surface area contributed by atoms with E-state index in [1.54, 1.807) is 6.92 Å². The monoisotopic (exact) mass is 385 g/mol. The lowest BCUT2D eigenvalue weighted by molar-refractivity contribution is 0.114. The van der Waals surface area contributed by atoms with Crippen molar-refractivity contribution in [2.45, 2.75) is 13.0 Å². The SMILES string of the molecule is COc1ncc(NC(=O)Nc2cnc3cc(F)nn3c2C(C)OC)cc1C#N. The number of carbonyl (C=O) groups excluding carboxylic acids is 1. The van der Waals surface area contributed by atoms with Gasteiger partial charge in [-0.05, 0) is 13.0 Å². The molecule has 1 atom stereocenters. The highest BCUT2D eigenvalue weighted by Crippen LogP contribution is 2.26. The Morgan fingerprint density at radius 3 is 2.75 bits per heavy atom. The van der Waals surface area contributed by atoms with Crippen molar-refractivity contribution in [2.75, 3.05) is 24.9 Å². The number of carbonyl (C=O) groups is 1. The molecule has 11 heteroatoms. The third-order valence-electron chi connectivity index (χ3n) is 3.90. The van der Waals surface area contributed by atoms with Gasteiger partial charge in [0, 0.05) is 13.2 Å². The number of hydrogen-bond acceptors (Lipinski definition) is 7. The number of ether oxygens (including phenoxy) is 2. The lowest BCUT2D eigenvalue weighted by Gasteiger charge is -2.17. The maximum atomic E-state index is 13.5. The molecule has 1 unspecified atom stereocenters. The lowest BCUT2D eigenvalue weighted by Crippen LogP contribution is -2.22. The molecule has 3 heterocycles. The molecule has 0 saturated carbocycles. The van der Waals surface area contributed by atoms with Crippen LogP contribution in [0.2, 0.25) is 0 Å². The second-order valence-electron chi connectivity index (χ2n) is 5.64. The van der Waals surface area contributed by atoms with Crippen LogP contribution < -0.4 is 15.4 Å².